The van der Waals surface area contributed by atoms with Gasteiger partial charge in [0.25, 0.3) is 0 Å². The van der Waals surface area contributed by atoms with Gasteiger partial charge >= 0.3 is 0 Å². The highest BCUT2D eigenvalue weighted by atomic mass is 35.5. The number of nitrogens with zero attached hydrogens (tertiary/aromatic N) is 3. The van der Waals surface area contributed by atoms with E-state index in [1.807, 2.05) is 24.4 Å². The van der Waals surface area contributed by atoms with Crippen molar-refractivity contribution in [2.24, 2.45) is 0 Å². The van der Waals surface area contributed by atoms with E-state index in [0.717, 1.165) is 34.6 Å². The molecule has 2 aliphatic rings. The van der Waals surface area contributed by atoms with E-state index in [4.69, 9.17) is 16.6 Å². The summed E-state index contributed by atoms with van der Waals surface area (Å²) in [4.78, 5) is 12.1. The van der Waals surface area contributed by atoms with Crippen LogP contribution in [0.5, 0.6) is 0 Å². The number of rotatable bonds is 3. The fraction of sp³-hybridized carbons (Fsp3) is 0.500. The molecule has 24 heavy (non-hydrogen) atoms. The zero-order chi connectivity index (χ0) is 16.4. The number of hydrogen-bond donors (Lipinski definition) is 0. The molecule has 1 aromatic carbocycles. The van der Waals surface area contributed by atoms with E-state index in [0.29, 0.717) is 5.92 Å². The van der Waals surface area contributed by atoms with Gasteiger partial charge in [-0.1, -0.05) is 36.6 Å². The largest absolute Gasteiger partial charge is 0.300 e. The zero-order valence-electron chi connectivity index (χ0n) is 14.0. The lowest BCUT2D eigenvalue weighted by molar-refractivity contribution is 0.149. The maximum atomic E-state index is 6.19. The Morgan fingerprint density at radius 3 is 2.67 bits per heavy atom. The Morgan fingerprint density at radius 2 is 1.83 bits per heavy atom. The summed E-state index contributed by atoms with van der Waals surface area (Å²) in [6, 6.07) is 8.76. The standard InChI is InChI=1S/C20H24ClN3/c21-17-7-3-5-15(13-17)19-20(23-11-10-22-19)16-6-4-12-24(14-16)18-8-1-2-9-18/h3,5,7,10-11,13,16,18H,1-2,4,6,8-9,12,14H2. The minimum Gasteiger partial charge on any atom is -0.300 e. The average Bonchev–Trinajstić information content (AvgIpc) is 3.17. The Balaban J connectivity index is 1.61. The van der Waals surface area contributed by atoms with Gasteiger partial charge in [-0.15, -0.1) is 0 Å². The molecule has 2 aromatic rings. The topological polar surface area (TPSA) is 29.0 Å². The van der Waals surface area contributed by atoms with Gasteiger partial charge < -0.3 is 0 Å². The first-order valence-corrected chi connectivity index (χ1v) is 9.50. The van der Waals surface area contributed by atoms with Gasteiger partial charge in [-0.2, -0.15) is 0 Å². The average molecular weight is 342 g/mol. The first kappa shape index (κ1) is 16.0. The predicted octanol–water partition coefficient (Wildman–Crippen LogP) is 4.92. The number of halogens is 1. The lowest BCUT2D eigenvalue weighted by Gasteiger charge is -2.37. The van der Waals surface area contributed by atoms with Crippen molar-refractivity contribution in [3.8, 4) is 11.3 Å². The van der Waals surface area contributed by atoms with Crippen LogP contribution in [0.4, 0.5) is 0 Å². The highest BCUT2D eigenvalue weighted by molar-refractivity contribution is 6.30. The summed E-state index contributed by atoms with van der Waals surface area (Å²) in [6.07, 6.45) is 11.6. The van der Waals surface area contributed by atoms with Crippen molar-refractivity contribution < 1.29 is 0 Å². The molecule has 3 nitrogen and oxygen atoms in total. The van der Waals surface area contributed by atoms with Crippen LogP contribution in [0, 0.1) is 0 Å². The summed E-state index contributed by atoms with van der Waals surface area (Å²) >= 11 is 6.19. The second-order valence-electron chi connectivity index (χ2n) is 7.07. The summed E-state index contributed by atoms with van der Waals surface area (Å²) in [6.45, 7) is 2.37. The zero-order valence-corrected chi connectivity index (χ0v) is 14.8. The molecule has 1 saturated heterocycles. The third kappa shape index (κ3) is 3.33. The fourth-order valence-electron chi connectivity index (χ4n) is 4.34. The lowest BCUT2D eigenvalue weighted by Crippen LogP contribution is -2.41. The smallest absolute Gasteiger partial charge is 0.0921 e. The maximum Gasteiger partial charge on any atom is 0.0921 e. The first-order valence-electron chi connectivity index (χ1n) is 9.12. The van der Waals surface area contributed by atoms with Crippen molar-refractivity contribution in [3.05, 3.63) is 47.4 Å². The molecule has 1 aromatic heterocycles. The van der Waals surface area contributed by atoms with Crippen LogP contribution in [0.15, 0.2) is 36.7 Å². The summed E-state index contributed by atoms with van der Waals surface area (Å²) < 4.78 is 0. The van der Waals surface area contributed by atoms with Gasteiger partial charge in [0, 0.05) is 41.5 Å². The molecule has 0 N–H and O–H groups in total. The van der Waals surface area contributed by atoms with Crippen LogP contribution in [-0.2, 0) is 0 Å². The van der Waals surface area contributed by atoms with Crippen LogP contribution in [0.2, 0.25) is 5.02 Å². The Hall–Kier alpha value is -1.45. The molecule has 4 rings (SSSR count). The van der Waals surface area contributed by atoms with Crippen LogP contribution < -0.4 is 0 Å². The van der Waals surface area contributed by atoms with Crippen LogP contribution in [0.3, 0.4) is 0 Å². The van der Waals surface area contributed by atoms with E-state index in [-0.39, 0.29) is 0 Å². The van der Waals surface area contributed by atoms with Gasteiger partial charge in [0.1, 0.15) is 0 Å². The third-order valence-electron chi connectivity index (χ3n) is 5.51. The predicted molar refractivity (Wildman–Crippen MR) is 98.3 cm³/mol. The highest BCUT2D eigenvalue weighted by Gasteiger charge is 2.30. The SMILES string of the molecule is Clc1cccc(-c2nccnc2C2CCCN(C3CCCC3)C2)c1. The van der Waals surface area contributed by atoms with Crippen molar-refractivity contribution in [2.45, 2.75) is 50.5 Å². The Labute approximate surface area is 149 Å². The maximum absolute atomic E-state index is 6.19. The number of hydrogen-bond acceptors (Lipinski definition) is 3. The molecule has 0 spiro atoms. The molecule has 0 radical (unpaired) electrons. The van der Waals surface area contributed by atoms with Crippen LogP contribution >= 0.6 is 11.6 Å². The molecule has 126 valence electrons. The second kappa shape index (κ2) is 7.20. The summed E-state index contributed by atoms with van der Waals surface area (Å²) in [7, 11) is 0. The van der Waals surface area contributed by atoms with Crippen molar-refractivity contribution >= 4 is 11.6 Å². The molecule has 1 unspecified atom stereocenters. The van der Waals surface area contributed by atoms with Crippen LogP contribution in [0.1, 0.15) is 50.1 Å². The van der Waals surface area contributed by atoms with Crippen molar-refractivity contribution in [1.29, 1.82) is 0 Å². The van der Waals surface area contributed by atoms with Crippen molar-refractivity contribution in [3.63, 3.8) is 0 Å². The molecular weight excluding hydrogens is 318 g/mol. The Morgan fingerprint density at radius 1 is 1.00 bits per heavy atom. The van der Waals surface area contributed by atoms with Gasteiger partial charge in [-0.25, -0.2) is 0 Å². The number of likely N-dealkylation sites (tertiary alicyclic amines) is 1. The molecular formula is C20H24ClN3. The van der Waals surface area contributed by atoms with Crippen molar-refractivity contribution in [1.82, 2.24) is 14.9 Å². The molecule has 0 amide bonds. The van der Waals surface area contributed by atoms with E-state index in [2.05, 4.69) is 16.0 Å². The minimum absolute atomic E-state index is 0.474. The second-order valence-corrected chi connectivity index (χ2v) is 7.51. The van der Waals surface area contributed by atoms with E-state index in [9.17, 15) is 0 Å². The van der Waals surface area contributed by atoms with Crippen LogP contribution in [0.25, 0.3) is 11.3 Å². The molecule has 1 atom stereocenters. The molecule has 4 heteroatoms. The summed E-state index contributed by atoms with van der Waals surface area (Å²) in [5, 5.41) is 0.750. The van der Waals surface area contributed by atoms with Gasteiger partial charge in [-0.05, 0) is 44.4 Å². The Kier molecular flexibility index (Phi) is 4.81. The van der Waals surface area contributed by atoms with E-state index in [1.165, 1.54) is 45.1 Å². The van der Waals surface area contributed by atoms with Gasteiger partial charge in [0.05, 0.1) is 11.4 Å². The summed E-state index contributed by atoms with van der Waals surface area (Å²) in [5.41, 5.74) is 3.21. The lowest BCUT2D eigenvalue weighted by atomic mass is 9.90. The number of aromatic nitrogens is 2. The van der Waals surface area contributed by atoms with E-state index in [1.54, 1.807) is 6.20 Å². The van der Waals surface area contributed by atoms with Gasteiger partial charge in [0.2, 0.25) is 0 Å². The normalized spacial score (nSPS) is 22.8. The number of benzene rings is 1. The molecule has 2 fully saturated rings. The number of piperidine rings is 1. The van der Waals surface area contributed by atoms with Crippen molar-refractivity contribution in [2.75, 3.05) is 13.1 Å². The van der Waals surface area contributed by atoms with Gasteiger partial charge in [0.15, 0.2) is 0 Å². The molecule has 1 saturated carbocycles. The quantitative estimate of drug-likeness (QED) is 0.793. The fourth-order valence-corrected chi connectivity index (χ4v) is 4.53. The molecule has 1 aliphatic carbocycles. The minimum atomic E-state index is 0.474. The Bertz CT molecular complexity index is 697. The van der Waals surface area contributed by atoms with E-state index < -0.39 is 0 Å². The molecule has 0 bridgehead atoms. The summed E-state index contributed by atoms with van der Waals surface area (Å²) in [5.74, 6) is 0.474. The molecule has 2 heterocycles. The highest BCUT2D eigenvalue weighted by Crippen LogP contribution is 2.35. The third-order valence-corrected chi connectivity index (χ3v) is 5.74. The monoisotopic (exact) mass is 341 g/mol. The first-order chi connectivity index (χ1) is 11.8. The van der Waals surface area contributed by atoms with Gasteiger partial charge in [-0.3, -0.25) is 14.9 Å². The van der Waals surface area contributed by atoms with Crippen LogP contribution in [-0.4, -0.2) is 34.0 Å². The van der Waals surface area contributed by atoms with E-state index >= 15 is 0 Å². The molecule has 1 aliphatic heterocycles.